The van der Waals surface area contributed by atoms with Crippen LogP contribution in [0.1, 0.15) is 5.56 Å². The number of rotatable bonds is 6. The van der Waals surface area contributed by atoms with Crippen LogP contribution in [0.2, 0.25) is 0 Å². The quantitative estimate of drug-likeness (QED) is 0.888. The molecule has 0 saturated heterocycles. The van der Waals surface area contributed by atoms with Gasteiger partial charge in [-0.15, -0.1) is 0 Å². The molecule has 0 fully saturated rings. The molecule has 0 bridgehead atoms. The van der Waals surface area contributed by atoms with Crippen molar-refractivity contribution in [3.8, 4) is 0 Å². The highest BCUT2D eigenvalue weighted by atomic mass is 32.2. The first-order chi connectivity index (χ1) is 10.1. The lowest BCUT2D eigenvalue weighted by atomic mass is 10.1. The first-order valence-electron chi connectivity index (χ1n) is 6.78. The SMILES string of the molecule is CN(C)C(Cc1ccccc1Sc1ccccc1)C(=O)O. The molecule has 0 aliphatic carbocycles. The van der Waals surface area contributed by atoms with Crippen molar-refractivity contribution in [2.45, 2.75) is 22.3 Å². The van der Waals surface area contributed by atoms with Gasteiger partial charge in [0, 0.05) is 9.79 Å². The van der Waals surface area contributed by atoms with Crippen LogP contribution in [-0.2, 0) is 11.2 Å². The van der Waals surface area contributed by atoms with E-state index in [2.05, 4.69) is 12.1 Å². The van der Waals surface area contributed by atoms with E-state index in [9.17, 15) is 9.90 Å². The molecule has 1 unspecified atom stereocenters. The Hall–Kier alpha value is -1.78. The minimum absolute atomic E-state index is 0.498. The topological polar surface area (TPSA) is 40.5 Å². The van der Waals surface area contributed by atoms with Crippen molar-refractivity contribution in [1.29, 1.82) is 0 Å². The Kier molecular flexibility index (Phi) is 5.42. The van der Waals surface area contributed by atoms with E-state index in [0.717, 1.165) is 15.4 Å². The summed E-state index contributed by atoms with van der Waals surface area (Å²) in [5.41, 5.74) is 1.06. The standard InChI is InChI=1S/C17H19NO2S/c1-18(2)15(17(19)20)12-13-8-6-7-11-16(13)21-14-9-4-3-5-10-14/h3-11,15H,12H2,1-2H3,(H,19,20). The molecule has 21 heavy (non-hydrogen) atoms. The van der Waals surface area contributed by atoms with Crippen LogP contribution in [0.25, 0.3) is 0 Å². The molecule has 0 amide bonds. The molecular weight excluding hydrogens is 282 g/mol. The van der Waals surface area contributed by atoms with E-state index < -0.39 is 12.0 Å². The van der Waals surface area contributed by atoms with Crippen LogP contribution in [0.4, 0.5) is 0 Å². The van der Waals surface area contributed by atoms with Crippen LogP contribution in [0, 0.1) is 0 Å². The van der Waals surface area contributed by atoms with Gasteiger partial charge >= 0.3 is 5.97 Å². The number of benzene rings is 2. The predicted molar refractivity (Wildman–Crippen MR) is 85.8 cm³/mol. The highest BCUT2D eigenvalue weighted by Crippen LogP contribution is 2.31. The summed E-state index contributed by atoms with van der Waals surface area (Å²) in [5, 5.41) is 9.34. The molecule has 0 aromatic heterocycles. The zero-order chi connectivity index (χ0) is 15.2. The molecule has 2 rings (SSSR count). The van der Waals surface area contributed by atoms with E-state index in [1.54, 1.807) is 30.8 Å². The van der Waals surface area contributed by atoms with Crippen molar-refractivity contribution in [3.05, 3.63) is 60.2 Å². The summed E-state index contributed by atoms with van der Waals surface area (Å²) < 4.78 is 0. The smallest absolute Gasteiger partial charge is 0.321 e. The molecule has 110 valence electrons. The Morgan fingerprint density at radius 2 is 1.71 bits per heavy atom. The summed E-state index contributed by atoms with van der Waals surface area (Å²) in [6, 6.07) is 17.6. The Morgan fingerprint density at radius 3 is 2.33 bits per heavy atom. The molecule has 0 radical (unpaired) electrons. The molecule has 4 heteroatoms. The third kappa shape index (κ3) is 4.34. The van der Waals surface area contributed by atoms with Gasteiger partial charge in [0.05, 0.1) is 0 Å². The number of carboxylic acid groups (broad SMARTS) is 1. The molecule has 2 aromatic rings. The summed E-state index contributed by atoms with van der Waals surface area (Å²) in [5.74, 6) is -0.792. The fourth-order valence-corrected chi connectivity index (χ4v) is 3.06. The van der Waals surface area contributed by atoms with Crippen LogP contribution in [0.3, 0.4) is 0 Å². The lowest BCUT2D eigenvalue weighted by Gasteiger charge is -2.21. The fraction of sp³-hybridized carbons (Fsp3) is 0.235. The molecule has 0 heterocycles. The first-order valence-corrected chi connectivity index (χ1v) is 7.59. The van der Waals surface area contributed by atoms with Crippen molar-refractivity contribution in [1.82, 2.24) is 4.90 Å². The number of likely N-dealkylation sites (N-methyl/N-ethyl adjacent to an activating group) is 1. The van der Waals surface area contributed by atoms with Gasteiger partial charge in [0.15, 0.2) is 0 Å². The average Bonchev–Trinajstić information content (AvgIpc) is 2.46. The molecule has 0 aliphatic rings. The number of aliphatic carboxylic acids is 1. The van der Waals surface area contributed by atoms with Gasteiger partial charge in [-0.1, -0.05) is 48.2 Å². The van der Waals surface area contributed by atoms with Crippen LogP contribution >= 0.6 is 11.8 Å². The van der Waals surface area contributed by atoms with Crippen LogP contribution < -0.4 is 0 Å². The second kappa shape index (κ2) is 7.29. The summed E-state index contributed by atoms with van der Waals surface area (Å²) >= 11 is 1.67. The number of carboxylic acids is 1. The van der Waals surface area contributed by atoms with Gasteiger partial charge in [-0.05, 0) is 44.3 Å². The maximum absolute atomic E-state index is 11.4. The van der Waals surface area contributed by atoms with Gasteiger partial charge in [-0.25, -0.2) is 0 Å². The predicted octanol–water partition coefficient (Wildman–Crippen LogP) is 3.40. The molecule has 2 aromatic carbocycles. The summed E-state index contributed by atoms with van der Waals surface area (Å²) in [6.45, 7) is 0. The van der Waals surface area contributed by atoms with Crippen LogP contribution in [-0.4, -0.2) is 36.1 Å². The zero-order valence-electron chi connectivity index (χ0n) is 12.2. The molecular formula is C17H19NO2S. The van der Waals surface area contributed by atoms with E-state index in [1.807, 2.05) is 42.5 Å². The molecule has 0 aliphatic heterocycles. The second-order valence-electron chi connectivity index (χ2n) is 5.04. The van der Waals surface area contributed by atoms with Gasteiger partial charge in [-0.2, -0.15) is 0 Å². The van der Waals surface area contributed by atoms with Crippen LogP contribution in [0.5, 0.6) is 0 Å². The molecule has 0 spiro atoms. The highest BCUT2D eigenvalue weighted by molar-refractivity contribution is 7.99. The van der Waals surface area contributed by atoms with Gasteiger partial charge in [-0.3, -0.25) is 9.69 Å². The number of hydrogen-bond acceptors (Lipinski definition) is 3. The third-order valence-corrected chi connectivity index (χ3v) is 4.39. The monoisotopic (exact) mass is 301 g/mol. The summed E-state index contributed by atoms with van der Waals surface area (Å²) in [4.78, 5) is 15.4. The van der Waals surface area contributed by atoms with E-state index >= 15 is 0 Å². The van der Waals surface area contributed by atoms with E-state index in [4.69, 9.17) is 0 Å². The van der Waals surface area contributed by atoms with Gasteiger partial charge in [0.1, 0.15) is 6.04 Å². The van der Waals surface area contributed by atoms with Crippen molar-refractivity contribution in [2.24, 2.45) is 0 Å². The largest absolute Gasteiger partial charge is 0.480 e. The number of nitrogens with zero attached hydrogens (tertiary/aromatic N) is 1. The molecule has 0 saturated carbocycles. The van der Waals surface area contributed by atoms with Crippen molar-refractivity contribution in [2.75, 3.05) is 14.1 Å². The normalized spacial score (nSPS) is 12.3. The van der Waals surface area contributed by atoms with E-state index in [0.29, 0.717) is 6.42 Å². The Bertz CT molecular complexity index is 599. The Labute approximate surface area is 129 Å². The minimum atomic E-state index is -0.792. The third-order valence-electron chi connectivity index (χ3n) is 3.27. The van der Waals surface area contributed by atoms with Crippen LogP contribution in [0.15, 0.2) is 64.4 Å². The van der Waals surface area contributed by atoms with Gasteiger partial charge < -0.3 is 5.11 Å². The summed E-state index contributed by atoms with van der Waals surface area (Å²) in [7, 11) is 3.59. The average molecular weight is 301 g/mol. The van der Waals surface area contributed by atoms with Gasteiger partial charge in [0.25, 0.3) is 0 Å². The fourth-order valence-electron chi connectivity index (χ4n) is 2.09. The summed E-state index contributed by atoms with van der Waals surface area (Å²) in [6.07, 6.45) is 0.498. The molecule has 3 nitrogen and oxygen atoms in total. The van der Waals surface area contributed by atoms with Crippen molar-refractivity contribution >= 4 is 17.7 Å². The minimum Gasteiger partial charge on any atom is -0.480 e. The molecule has 1 N–H and O–H groups in total. The first kappa shape index (κ1) is 15.6. The van der Waals surface area contributed by atoms with Crippen molar-refractivity contribution in [3.63, 3.8) is 0 Å². The Morgan fingerprint density at radius 1 is 1.10 bits per heavy atom. The lowest BCUT2D eigenvalue weighted by molar-refractivity contribution is -0.142. The zero-order valence-corrected chi connectivity index (χ0v) is 13.0. The van der Waals surface area contributed by atoms with E-state index in [-0.39, 0.29) is 0 Å². The van der Waals surface area contributed by atoms with E-state index in [1.165, 1.54) is 0 Å². The highest BCUT2D eigenvalue weighted by Gasteiger charge is 2.21. The van der Waals surface area contributed by atoms with Gasteiger partial charge in [0.2, 0.25) is 0 Å². The number of hydrogen-bond donors (Lipinski definition) is 1. The molecule has 1 atom stereocenters. The maximum atomic E-state index is 11.4. The number of carbonyl (C=O) groups is 1. The van der Waals surface area contributed by atoms with Crippen molar-refractivity contribution < 1.29 is 9.90 Å². The second-order valence-corrected chi connectivity index (χ2v) is 6.16. The maximum Gasteiger partial charge on any atom is 0.321 e. The Balaban J connectivity index is 2.22. The lowest BCUT2D eigenvalue weighted by Crippen LogP contribution is -2.37.